The van der Waals surface area contributed by atoms with E-state index in [1.54, 1.807) is 36.4 Å². The summed E-state index contributed by atoms with van der Waals surface area (Å²) in [5.41, 5.74) is 0.316. The lowest BCUT2D eigenvalue weighted by atomic mass is 10.1. The van der Waals surface area contributed by atoms with Gasteiger partial charge in [0.2, 0.25) is 21.9 Å². The molecule has 0 saturated carbocycles. The lowest BCUT2D eigenvalue weighted by Gasteiger charge is -2.31. The number of aliphatic hydroxyl groups excluding tert-OH is 1. The van der Waals surface area contributed by atoms with Gasteiger partial charge in [-0.1, -0.05) is 37.8 Å². The first kappa shape index (κ1) is 36.8. The molecular formula is C31H40FN5O8S2Si. The molecule has 1 N–H and O–H groups in total. The summed E-state index contributed by atoms with van der Waals surface area (Å²) in [6, 6.07) is 13.3. The van der Waals surface area contributed by atoms with E-state index in [-0.39, 0.29) is 35.4 Å². The third-order valence-electron chi connectivity index (χ3n) is 7.64. The quantitative estimate of drug-likeness (QED) is 0.183. The van der Waals surface area contributed by atoms with Gasteiger partial charge in [-0.25, -0.2) is 30.5 Å². The fourth-order valence-electron chi connectivity index (χ4n) is 4.98. The van der Waals surface area contributed by atoms with Crippen LogP contribution in [0.5, 0.6) is 17.4 Å². The van der Waals surface area contributed by atoms with Crippen molar-refractivity contribution in [1.82, 2.24) is 19.7 Å². The average molecular weight is 722 g/mol. The number of para-hydroxylation sites is 1. The van der Waals surface area contributed by atoms with Crippen LogP contribution in [0.2, 0.25) is 25.7 Å². The molecule has 0 spiro atoms. The van der Waals surface area contributed by atoms with Crippen molar-refractivity contribution in [3.63, 3.8) is 0 Å². The molecule has 0 saturated heterocycles. The second-order valence-electron chi connectivity index (χ2n) is 12.3. The summed E-state index contributed by atoms with van der Waals surface area (Å²) < 4.78 is 87.9. The Morgan fingerprint density at radius 1 is 0.938 bits per heavy atom. The minimum Gasteiger partial charge on any atom is -0.494 e. The van der Waals surface area contributed by atoms with Crippen LogP contribution in [0.3, 0.4) is 0 Å². The number of pyridine rings is 1. The molecule has 0 bridgehead atoms. The van der Waals surface area contributed by atoms with E-state index < -0.39 is 50.0 Å². The number of aliphatic hydroxyl groups is 1. The SMILES string of the molecule is COc1cccc(-c2nnc(N(CC[Si](C)(C)C)S(=O)(=O)[C@@H](C)[C@@H](O)c3ccc(F)cc3S(C)(=O)=O)n2-c2c(OC)cccc2OC)n1. The summed E-state index contributed by atoms with van der Waals surface area (Å²) in [5, 5.41) is 18.6. The summed E-state index contributed by atoms with van der Waals surface area (Å²) in [4.78, 5) is 3.99. The molecule has 48 heavy (non-hydrogen) atoms. The van der Waals surface area contributed by atoms with Crippen LogP contribution in [0.4, 0.5) is 10.3 Å². The molecule has 0 unspecified atom stereocenters. The zero-order valence-corrected chi connectivity index (χ0v) is 30.6. The van der Waals surface area contributed by atoms with Gasteiger partial charge in [-0.3, -0.25) is 4.57 Å². The smallest absolute Gasteiger partial charge is 0.246 e. The van der Waals surface area contributed by atoms with Crippen LogP contribution < -0.4 is 18.5 Å². The highest BCUT2D eigenvalue weighted by Crippen LogP contribution is 2.40. The van der Waals surface area contributed by atoms with Gasteiger partial charge in [0.15, 0.2) is 15.7 Å². The van der Waals surface area contributed by atoms with E-state index in [9.17, 15) is 26.3 Å². The van der Waals surface area contributed by atoms with Crippen LogP contribution in [0, 0.1) is 5.82 Å². The second kappa shape index (κ2) is 14.2. The maximum absolute atomic E-state index is 14.7. The number of nitrogens with zero attached hydrogens (tertiary/aromatic N) is 5. The van der Waals surface area contributed by atoms with Gasteiger partial charge < -0.3 is 19.3 Å². The number of sulfone groups is 1. The van der Waals surface area contributed by atoms with Crippen molar-refractivity contribution in [3.8, 4) is 34.6 Å². The first-order chi connectivity index (χ1) is 22.4. The number of aromatic nitrogens is 4. The Hall–Kier alpha value is -4.06. The third-order valence-corrected chi connectivity index (χ3v) is 12.7. The number of halogens is 1. The summed E-state index contributed by atoms with van der Waals surface area (Å²) >= 11 is 0. The Morgan fingerprint density at radius 3 is 2.12 bits per heavy atom. The molecule has 13 nitrogen and oxygen atoms in total. The number of hydrogen-bond donors (Lipinski definition) is 1. The van der Waals surface area contributed by atoms with Crippen molar-refractivity contribution in [1.29, 1.82) is 0 Å². The van der Waals surface area contributed by atoms with Crippen LogP contribution in [0.15, 0.2) is 59.5 Å². The molecule has 0 amide bonds. The summed E-state index contributed by atoms with van der Waals surface area (Å²) in [5.74, 6) is 0.00874. The Labute approximate surface area is 281 Å². The van der Waals surface area contributed by atoms with Gasteiger partial charge >= 0.3 is 0 Å². The van der Waals surface area contributed by atoms with E-state index in [0.717, 1.165) is 28.8 Å². The van der Waals surface area contributed by atoms with Gasteiger partial charge in [0.1, 0.15) is 33.9 Å². The predicted molar refractivity (Wildman–Crippen MR) is 183 cm³/mol. The van der Waals surface area contributed by atoms with E-state index in [2.05, 4.69) is 34.8 Å². The minimum absolute atomic E-state index is 0.0569. The molecule has 2 heterocycles. The highest BCUT2D eigenvalue weighted by atomic mass is 32.2. The molecule has 0 aliphatic carbocycles. The molecule has 17 heteroatoms. The van der Waals surface area contributed by atoms with Gasteiger partial charge in [-0.05, 0) is 43.3 Å². The molecule has 4 aromatic rings. The summed E-state index contributed by atoms with van der Waals surface area (Å²) in [6.07, 6.45) is -1.01. The van der Waals surface area contributed by atoms with E-state index in [0.29, 0.717) is 23.2 Å². The highest BCUT2D eigenvalue weighted by Gasteiger charge is 2.40. The molecule has 0 fully saturated rings. The third kappa shape index (κ3) is 7.64. The van der Waals surface area contributed by atoms with Crippen LogP contribution >= 0.6 is 0 Å². The molecular weight excluding hydrogens is 682 g/mol. The first-order valence-electron chi connectivity index (χ1n) is 14.8. The molecule has 2 atom stereocenters. The Bertz CT molecular complexity index is 1980. The van der Waals surface area contributed by atoms with Crippen LogP contribution in [-0.2, 0) is 19.9 Å². The van der Waals surface area contributed by atoms with Crippen molar-refractivity contribution >= 4 is 33.9 Å². The number of rotatable bonds is 14. The number of anilines is 1. The van der Waals surface area contributed by atoms with Crippen molar-refractivity contribution < 1.29 is 40.5 Å². The number of hydrogen-bond acceptors (Lipinski definition) is 11. The first-order valence-corrected chi connectivity index (χ1v) is 21.9. The number of sulfonamides is 1. The fourth-order valence-corrected chi connectivity index (χ4v) is 8.55. The lowest BCUT2D eigenvalue weighted by molar-refractivity contribution is 0.172. The standard InChI is InChI=1S/C31H40FN5O8S2Si/c1-20(29(38)22-16-15-21(32)19-26(22)46(5,39)40)47(41,42)36(17-18-48(6,7)8)31-35-34-30(23-11-9-14-27(33-23)45-4)37(31)28-24(43-2)12-10-13-25(28)44-3/h9-16,19-20,29,38H,17-18H2,1-8H3/t20-,29+/m0/s1. The van der Waals surface area contributed by atoms with Gasteiger partial charge in [0.25, 0.3) is 0 Å². The van der Waals surface area contributed by atoms with Gasteiger partial charge in [0.05, 0.1) is 32.3 Å². The average Bonchev–Trinajstić information content (AvgIpc) is 3.46. The van der Waals surface area contributed by atoms with Gasteiger partial charge in [-0.2, -0.15) is 0 Å². The van der Waals surface area contributed by atoms with Gasteiger partial charge in [-0.15, -0.1) is 10.2 Å². The van der Waals surface area contributed by atoms with Crippen molar-refractivity contribution in [2.75, 3.05) is 38.4 Å². The zero-order valence-electron chi connectivity index (χ0n) is 28.0. The highest BCUT2D eigenvalue weighted by molar-refractivity contribution is 7.93. The number of methoxy groups -OCH3 is 3. The molecule has 0 aliphatic heterocycles. The summed E-state index contributed by atoms with van der Waals surface area (Å²) in [6.45, 7) is 7.43. The molecule has 260 valence electrons. The van der Waals surface area contributed by atoms with E-state index in [1.165, 1.54) is 32.8 Å². The Kier molecular flexibility index (Phi) is 10.9. The Morgan fingerprint density at radius 2 is 1.56 bits per heavy atom. The Balaban J connectivity index is 2.02. The molecule has 4 rings (SSSR count). The van der Waals surface area contributed by atoms with Crippen molar-refractivity contribution in [3.05, 3.63) is 66.0 Å². The maximum Gasteiger partial charge on any atom is 0.246 e. The molecule has 0 aliphatic rings. The number of ether oxygens (including phenoxy) is 3. The topological polar surface area (TPSA) is 163 Å². The molecule has 2 aromatic carbocycles. The van der Waals surface area contributed by atoms with E-state index >= 15 is 0 Å². The predicted octanol–water partition coefficient (Wildman–Crippen LogP) is 4.49. The monoisotopic (exact) mass is 721 g/mol. The van der Waals surface area contributed by atoms with Crippen LogP contribution in [-0.4, -0.2) is 89.1 Å². The fraction of sp³-hybridized carbons (Fsp3) is 0.387. The normalized spacial score (nSPS) is 13.5. The molecule has 2 aromatic heterocycles. The molecule has 0 radical (unpaired) electrons. The second-order valence-corrected chi connectivity index (χ2v) is 22.1. The van der Waals surface area contributed by atoms with Crippen LogP contribution in [0.1, 0.15) is 18.6 Å². The largest absolute Gasteiger partial charge is 0.494 e. The summed E-state index contributed by atoms with van der Waals surface area (Å²) in [7, 11) is -6.19. The van der Waals surface area contributed by atoms with Crippen molar-refractivity contribution in [2.24, 2.45) is 0 Å². The van der Waals surface area contributed by atoms with E-state index in [1.807, 2.05) is 0 Å². The number of benzene rings is 2. The van der Waals surface area contributed by atoms with Crippen molar-refractivity contribution in [2.45, 2.75) is 48.9 Å². The van der Waals surface area contributed by atoms with Crippen LogP contribution in [0.25, 0.3) is 17.2 Å². The minimum atomic E-state index is -4.58. The van der Waals surface area contributed by atoms with E-state index in [4.69, 9.17) is 14.2 Å². The zero-order chi connectivity index (χ0) is 35.6. The maximum atomic E-state index is 14.7. The van der Waals surface area contributed by atoms with Gasteiger partial charge in [0, 0.05) is 32.5 Å². The lowest BCUT2D eigenvalue weighted by Crippen LogP contribution is -2.44.